The molecule has 0 unspecified atom stereocenters. The molecule has 4 heterocycles. The van der Waals surface area contributed by atoms with Crippen LogP contribution in [-0.2, 0) is 6.54 Å². The molecule has 1 atom stereocenters. The van der Waals surface area contributed by atoms with Crippen molar-refractivity contribution in [3.8, 4) is 28.3 Å². The Labute approximate surface area is 207 Å². The lowest BCUT2D eigenvalue weighted by atomic mass is 10.1. The highest BCUT2D eigenvalue weighted by Gasteiger charge is 2.26. The normalized spacial score (nSPS) is 16.7. The van der Waals surface area contributed by atoms with Crippen molar-refractivity contribution in [1.29, 1.82) is 0 Å². The number of fused-ring (bicyclic) bond motifs is 5. The van der Waals surface area contributed by atoms with Crippen LogP contribution in [0.15, 0.2) is 60.9 Å². The standard InChI is InChI=1S/C29H34N6/c1-20-15-31-29-28-14-23(22-5-7-25(30-2)8-6-22)18-34(28)19-24-13-26(9-10-27(24)35(20)29)33-12-11-21(17-33)16-32(3)4/h5-10,13-15,18,21,30H,11-12,16-17,19H2,1-4H3/t21-/m1/s1. The first-order chi connectivity index (χ1) is 17.0. The molecule has 6 nitrogen and oxygen atoms in total. The average Bonchev–Trinajstić information content (AvgIpc) is 3.56. The minimum Gasteiger partial charge on any atom is -0.388 e. The largest absolute Gasteiger partial charge is 0.388 e. The van der Waals surface area contributed by atoms with Gasteiger partial charge in [0.05, 0.1) is 11.4 Å². The van der Waals surface area contributed by atoms with Crippen LogP contribution in [0, 0.1) is 12.8 Å². The van der Waals surface area contributed by atoms with Crippen LogP contribution >= 0.6 is 0 Å². The Balaban J connectivity index is 1.38. The maximum absolute atomic E-state index is 4.85. The maximum Gasteiger partial charge on any atom is 0.161 e. The predicted octanol–water partition coefficient (Wildman–Crippen LogP) is 5.11. The lowest BCUT2D eigenvalue weighted by molar-refractivity contribution is 0.340. The zero-order valence-electron chi connectivity index (χ0n) is 21.1. The van der Waals surface area contributed by atoms with E-state index < -0.39 is 0 Å². The second-order valence-electron chi connectivity index (χ2n) is 10.3. The van der Waals surface area contributed by atoms with Crippen LogP contribution in [0.25, 0.3) is 28.3 Å². The van der Waals surface area contributed by atoms with Crippen molar-refractivity contribution in [1.82, 2.24) is 19.0 Å². The van der Waals surface area contributed by atoms with E-state index in [1.807, 2.05) is 13.2 Å². The number of benzene rings is 2. The Kier molecular flexibility index (Phi) is 5.41. The van der Waals surface area contributed by atoms with Gasteiger partial charge in [-0.3, -0.25) is 4.57 Å². The van der Waals surface area contributed by atoms with E-state index in [2.05, 4.69) is 100.0 Å². The smallest absolute Gasteiger partial charge is 0.161 e. The van der Waals surface area contributed by atoms with Crippen LogP contribution in [0.5, 0.6) is 0 Å². The van der Waals surface area contributed by atoms with Gasteiger partial charge in [-0.25, -0.2) is 4.98 Å². The summed E-state index contributed by atoms with van der Waals surface area (Å²) in [5.41, 5.74) is 9.81. The summed E-state index contributed by atoms with van der Waals surface area (Å²) in [7, 11) is 6.30. The molecule has 0 spiro atoms. The van der Waals surface area contributed by atoms with Gasteiger partial charge in [0.25, 0.3) is 0 Å². The van der Waals surface area contributed by atoms with E-state index in [0.29, 0.717) is 0 Å². The van der Waals surface area contributed by atoms with Gasteiger partial charge in [0.2, 0.25) is 0 Å². The molecule has 1 saturated heterocycles. The molecule has 6 heteroatoms. The van der Waals surface area contributed by atoms with E-state index in [4.69, 9.17) is 4.98 Å². The number of anilines is 2. The molecule has 2 aliphatic heterocycles. The van der Waals surface area contributed by atoms with Gasteiger partial charge in [-0.2, -0.15) is 0 Å². The van der Waals surface area contributed by atoms with E-state index in [0.717, 1.165) is 55.0 Å². The number of nitrogens with zero attached hydrogens (tertiary/aromatic N) is 5. The number of imidazole rings is 1. The third kappa shape index (κ3) is 3.92. The third-order valence-corrected chi connectivity index (χ3v) is 7.49. The van der Waals surface area contributed by atoms with Gasteiger partial charge in [-0.15, -0.1) is 0 Å². The molecule has 2 aromatic carbocycles. The van der Waals surface area contributed by atoms with Gasteiger partial charge in [0.1, 0.15) is 0 Å². The molecule has 0 saturated carbocycles. The molecule has 180 valence electrons. The van der Waals surface area contributed by atoms with Crippen LogP contribution in [0.2, 0.25) is 0 Å². The molecule has 0 aliphatic carbocycles. The fraction of sp³-hybridized carbons (Fsp3) is 0.345. The van der Waals surface area contributed by atoms with Crippen LogP contribution < -0.4 is 10.2 Å². The van der Waals surface area contributed by atoms with Crippen LogP contribution in [0.1, 0.15) is 17.7 Å². The predicted molar refractivity (Wildman–Crippen MR) is 145 cm³/mol. The number of aryl methyl sites for hydroxylation is 1. The van der Waals surface area contributed by atoms with Crippen molar-refractivity contribution >= 4 is 11.4 Å². The third-order valence-electron chi connectivity index (χ3n) is 7.49. The Morgan fingerprint density at radius 1 is 1.06 bits per heavy atom. The Morgan fingerprint density at radius 3 is 2.66 bits per heavy atom. The molecule has 2 aromatic heterocycles. The molecule has 0 amide bonds. The van der Waals surface area contributed by atoms with Gasteiger partial charge in [-0.1, -0.05) is 12.1 Å². The first-order valence-corrected chi connectivity index (χ1v) is 12.6. The van der Waals surface area contributed by atoms with E-state index in [-0.39, 0.29) is 0 Å². The molecule has 0 bridgehead atoms. The van der Waals surface area contributed by atoms with Gasteiger partial charge in [0, 0.05) is 68.3 Å². The van der Waals surface area contributed by atoms with Gasteiger partial charge >= 0.3 is 0 Å². The first-order valence-electron chi connectivity index (χ1n) is 12.6. The van der Waals surface area contributed by atoms with Gasteiger partial charge in [0.15, 0.2) is 5.82 Å². The second-order valence-corrected chi connectivity index (χ2v) is 10.3. The second kappa shape index (κ2) is 8.61. The van der Waals surface area contributed by atoms with Crippen LogP contribution in [0.4, 0.5) is 11.4 Å². The van der Waals surface area contributed by atoms with Crippen LogP contribution in [0.3, 0.4) is 0 Å². The molecular formula is C29H34N6. The van der Waals surface area contributed by atoms with Crippen molar-refractivity contribution in [3.63, 3.8) is 0 Å². The number of nitrogens with one attached hydrogen (secondary N) is 1. The topological polar surface area (TPSA) is 41.3 Å². The van der Waals surface area contributed by atoms with Crippen molar-refractivity contribution in [2.45, 2.75) is 19.9 Å². The minimum atomic E-state index is 0.735. The fourth-order valence-corrected chi connectivity index (χ4v) is 5.77. The summed E-state index contributed by atoms with van der Waals surface area (Å²) in [6.45, 7) is 6.41. The van der Waals surface area contributed by atoms with Gasteiger partial charge in [-0.05, 0) is 80.9 Å². The Bertz CT molecular complexity index is 1360. The summed E-state index contributed by atoms with van der Waals surface area (Å²) in [5.74, 6) is 1.75. The molecule has 6 rings (SSSR count). The van der Waals surface area contributed by atoms with Crippen molar-refractivity contribution in [2.24, 2.45) is 5.92 Å². The summed E-state index contributed by atoms with van der Waals surface area (Å²) < 4.78 is 4.69. The number of hydrogen-bond acceptors (Lipinski definition) is 4. The van der Waals surface area contributed by atoms with Crippen molar-refractivity contribution in [2.75, 3.05) is 51.0 Å². The molecular weight excluding hydrogens is 432 g/mol. The minimum absolute atomic E-state index is 0.735. The quantitative estimate of drug-likeness (QED) is 0.391. The summed E-state index contributed by atoms with van der Waals surface area (Å²) in [4.78, 5) is 9.72. The summed E-state index contributed by atoms with van der Waals surface area (Å²) in [6.07, 6.45) is 5.53. The average molecular weight is 467 g/mol. The lowest BCUT2D eigenvalue weighted by Crippen LogP contribution is -2.25. The Hall–Kier alpha value is -3.51. The number of rotatable bonds is 5. The summed E-state index contributed by atoms with van der Waals surface area (Å²) >= 11 is 0. The zero-order valence-corrected chi connectivity index (χ0v) is 21.1. The lowest BCUT2D eigenvalue weighted by Gasteiger charge is -2.22. The van der Waals surface area contributed by atoms with E-state index in [9.17, 15) is 0 Å². The van der Waals surface area contributed by atoms with E-state index in [1.54, 1.807) is 0 Å². The Morgan fingerprint density at radius 2 is 1.89 bits per heavy atom. The molecule has 1 fully saturated rings. The van der Waals surface area contributed by atoms with Crippen molar-refractivity contribution < 1.29 is 0 Å². The maximum atomic E-state index is 4.85. The van der Waals surface area contributed by atoms with E-state index >= 15 is 0 Å². The SMILES string of the molecule is CNc1ccc(-c2cc3n(c2)Cc2cc(N4CC[C@H](CN(C)C)C4)ccc2-n2c(C)cnc2-3)cc1. The van der Waals surface area contributed by atoms with Crippen molar-refractivity contribution in [3.05, 3.63) is 72.2 Å². The molecule has 1 N–H and O–H groups in total. The van der Waals surface area contributed by atoms with Gasteiger partial charge < -0.3 is 19.7 Å². The molecule has 35 heavy (non-hydrogen) atoms. The molecule has 2 aliphatic rings. The highest BCUT2D eigenvalue weighted by Crippen LogP contribution is 2.37. The monoisotopic (exact) mass is 466 g/mol. The number of aromatic nitrogens is 3. The summed E-state index contributed by atoms with van der Waals surface area (Å²) in [6, 6.07) is 17.9. The van der Waals surface area contributed by atoms with Crippen LogP contribution in [-0.4, -0.2) is 59.8 Å². The summed E-state index contributed by atoms with van der Waals surface area (Å²) in [5, 5.41) is 3.20. The first kappa shape index (κ1) is 22.0. The highest BCUT2D eigenvalue weighted by molar-refractivity contribution is 5.73. The molecule has 0 radical (unpaired) electrons. The fourth-order valence-electron chi connectivity index (χ4n) is 5.77. The number of hydrogen-bond donors (Lipinski definition) is 1. The molecule has 4 aromatic rings. The highest BCUT2D eigenvalue weighted by atomic mass is 15.2. The van der Waals surface area contributed by atoms with E-state index in [1.165, 1.54) is 34.5 Å². The zero-order chi connectivity index (χ0) is 24.1.